The maximum atomic E-state index is 12.1. The molecule has 7 heteroatoms. The number of aliphatic hydroxyl groups excluding tert-OH is 1. The van der Waals surface area contributed by atoms with Crippen molar-refractivity contribution in [2.45, 2.75) is 25.6 Å². The number of nitrogens with zero attached hydrogens (tertiary/aromatic N) is 1. The summed E-state index contributed by atoms with van der Waals surface area (Å²) in [7, 11) is 0. The quantitative estimate of drug-likeness (QED) is 0.715. The Morgan fingerprint density at radius 2 is 2.19 bits per heavy atom. The molecule has 1 fully saturated rings. The number of hydrogen-bond donors (Lipinski definition) is 2. The number of hydrogen-bond acceptors (Lipinski definition) is 6. The van der Waals surface area contributed by atoms with Crippen LogP contribution >= 0.6 is 0 Å². The number of ether oxygens (including phenoxy) is 2. The third kappa shape index (κ3) is 3.15. The molecule has 1 aliphatic heterocycles. The first-order chi connectivity index (χ1) is 13.1. The second kappa shape index (κ2) is 7.02. The van der Waals surface area contributed by atoms with Crippen LogP contribution in [0.1, 0.15) is 33.3 Å². The van der Waals surface area contributed by atoms with Gasteiger partial charge in [0, 0.05) is 23.1 Å². The first-order valence-corrected chi connectivity index (χ1v) is 8.70. The summed E-state index contributed by atoms with van der Waals surface area (Å²) in [6.45, 7) is 2.50. The molecule has 0 saturated carbocycles. The number of aliphatic hydroxyl groups is 1. The number of amides is 1. The lowest BCUT2D eigenvalue weighted by atomic mass is 9.90. The van der Waals surface area contributed by atoms with Gasteiger partial charge < -0.3 is 24.7 Å². The van der Waals surface area contributed by atoms with E-state index in [9.17, 15) is 9.90 Å². The summed E-state index contributed by atoms with van der Waals surface area (Å²) in [6.07, 6.45) is 0.992. The van der Waals surface area contributed by atoms with Crippen molar-refractivity contribution in [3.63, 3.8) is 0 Å². The van der Waals surface area contributed by atoms with Gasteiger partial charge in [0.25, 0.3) is 5.91 Å². The van der Waals surface area contributed by atoms with Gasteiger partial charge in [0.05, 0.1) is 30.6 Å². The van der Waals surface area contributed by atoms with Crippen LogP contribution in [-0.4, -0.2) is 35.3 Å². The van der Waals surface area contributed by atoms with Gasteiger partial charge in [-0.15, -0.1) is 0 Å². The predicted octanol–water partition coefficient (Wildman–Crippen LogP) is 2.29. The molecular weight excluding hydrogens is 348 g/mol. The molecule has 2 atom stereocenters. The largest absolute Gasteiger partial charge is 0.487 e. The van der Waals surface area contributed by atoms with E-state index in [4.69, 9.17) is 19.6 Å². The van der Waals surface area contributed by atoms with Gasteiger partial charge in [0.15, 0.2) is 0 Å². The van der Waals surface area contributed by atoms with Crippen LogP contribution in [0.3, 0.4) is 0 Å². The molecule has 4 rings (SSSR count). The first kappa shape index (κ1) is 17.5. The molecule has 140 valence electrons. The van der Waals surface area contributed by atoms with Crippen molar-refractivity contribution < 1.29 is 23.8 Å². The van der Waals surface area contributed by atoms with Crippen LogP contribution in [0.15, 0.2) is 40.9 Å². The number of furan rings is 1. The van der Waals surface area contributed by atoms with Crippen LogP contribution in [0, 0.1) is 6.92 Å². The van der Waals surface area contributed by atoms with Crippen molar-refractivity contribution >= 4 is 16.9 Å². The molecule has 27 heavy (non-hydrogen) atoms. The van der Waals surface area contributed by atoms with Gasteiger partial charge in [-0.2, -0.15) is 0 Å². The standard InChI is InChI=1S/C20H20N2O5/c1-11-17(20(21)24)19-16(27-11)6-5-15(18(19)13-9-25-10-14(13)23)26-8-12-4-2-3-7-22-12/h2-7,13-14,23H,8-10H2,1H3,(H2,21,24)/t13-,14+/m1/s1. The third-order valence-corrected chi connectivity index (χ3v) is 4.80. The Hall–Kier alpha value is -2.90. The molecule has 1 aliphatic rings. The Morgan fingerprint density at radius 1 is 1.33 bits per heavy atom. The minimum Gasteiger partial charge on any atom is -0.487 e. The molecular formula is C20H20N2O5. The lowest BCUT2D eigenvalue weighted by Crippen LogP contribution is -2.19. The molecule has 2 aromatic heterocycles. The summed E-state index contributed by atoms with van der Waals surface area (Å²) in [5.41, 5.74) is 7.88. The number of primary amides is 1. The fraction of sp³-hybridized carbons (Fsp3) is 0.300. The SMILES string of the molecule is Cc1oc2ccc(OCc3ccccn3)c([C@@H]3COC[C@@H]3O)c2c1C(N)=O. The average Bonchev–Trinajstić information content (AvgIpc) is 3.22. The molecule has 3 aromatic rings. The second-order valence-corrected chi connectivity index (χ2v) is 6.57. The number of aryl methyl sites for hydroxylation is 1. The van der Waals surface area contributed by atoms with Crippen LogP contribution in [-0.2, 0) is 11.3 Å². The Labute approximate surface area is 155 Å². The first-order valence-electron chi connectivity index (χ1n) is 8.70. The number of aromatic nitrogens is 1. The predicted molar refractivity (Wildman–Crippen MR) is 97.6 cm³/mol. The van der Waals surface area contributed by atoms with Gasteiger partial charge in [0.2, 0.25) is 0 Å². The van der Waals surface area contributed by atoms with Crippen molar-refractivity contribution in [3.05, 3.63) is 59.1 Å². The summed E-state index contributed by atoms with van der Waals surface area (Å²) in [5.74, 6) is 0.0605. The topological polar surface area (TPSA) is 108 Å². The van der Waals surface area contributed by atoms with E-state index in [1.54, 1.807) is 25.3 Å². The summed E-state index contributed by atoms with van der Waals surface area (Å²) >= 11 is 0. The molecule has 0 bridgehead atoms. The van der Waals surface area contributed by atoms with E-state index in [-0.39, 0.29) is 19.1 Å². The highest BCUT2D eigenvalue weighted by atomic mass is 16.5. The van der Waals surface area contributed by atoms with Crippen molar-refractivity contribution in [3.8, 4) is 5.75 Å². The number of carbonyl (C=O) groups is 1. The van der Waals surface area contributed by atoms with Crippen LogP contribution in [0.4, 0.5) is 0 Å². The second-order valence-electron chi connectivity index (χ2n) is 6.57. The highest BCUT2D eigenvalue weighted by Gasteiger charge is 2.34. The molecule has 0 spiro atoms. The Balaban J connectivity index is 1.84. The molecule has 3 N–H and O–H groups in total. The van der Waals surface area contributed by atoms with E-state index in [1.807, 2.05) is 18.2 Å². The normalized spacial score (nSPS) is 19.5. The number of benzene rings is 1. The number of rotatable bonds is 5. The van der Waals surface area contributed by atoms with Crippen LogP contribution in [0.2, 0.25) is 0 Å². The zero-order valence-electron chi connectivity index (χ0n) is 14.8. The van der Waals surface area contributed by atoms with Gasteiger partial charge >= 0.3 is 0 Å². The maximum absolute atomic E-state index is 12.1. The molecule has 7 nitrogen and oxygen atoms in total. The minimum absolute atomic E-state index is 0.226. The van der Waals surface area contributed by atoms with E-state index < -0.39 is 12.0 Å². The van der Waals surface area contributed by atoms with Gasteiger partial charge in [0.1, 0.15) is 23.7 Å². The molecule has 0 aliphatic carbocycles. The van der Waals surface area contributed by atoms with Crippen molar-refractivity contribution in [1.82, 2.24) is 4.98 Å². The average molecular weight is 368 g/mol. The van der Waals surface area contributed by atoms with E-state index in [0.29, 0.717) is 40.2 Å². The number of pyridine rings is 1. The molecule has 0 unspecified atom stereocenters. The highest BCUT2D eigenvalue weighted by molar-refractivity contribution is 6.08. The van der Waals surface area contributed by atoms with E-state index in [0.717, 1.165) is 5.69 Å². The summed E-state index contributed by atoms with van der Waals surface area (Å²) in [4.78, 5) is 16.3. The molecule has 1 aromatic carbocycles. The van der Waals surface area contributed by atoms with Crippen LogP contribution < -0.4 is 10.5 Å². The molecule has 1 amide bonds. The fourth-order valence-corrected chi connectivity index (χ4v) is 3.56. The van der Waals surface area contributed by atoms with E-state index >= 15 is 0 Å². The van der Waals surface area contributed by atoms with E-state index in [1.165, 1.54) is 0 Å². The smallest absolute Gasteiger partial charge is 0.252 e. The van der Waals surface area contributed by atoms with Crippen molar-refractivity contribution in [2.24, 2.45) is 5.73 Å². The lowest BCUT2D eigenvalue weighted by Gasteiger charge is -2.19. The van der Waals surface area contributed by atoms with Gasteiger partial charge in [-0.25, -0.2) is 0 Å². The van der Waals surface area contributed by atoms with Crippen LogP contribution in [0.25, 0.3) is 11.0 Å². The number of carbonyl (C=O) groups excluding carboxylic acids is 1. The van der Waals surface area contributed by atoms with Gasteiger partial charge in [-0.05, 0) is 31.2 Å². The zero-order chi connectivity index (χ0) is 19.0. The summed E-state index contributed by atoms with van der Waals surface area (Å²) in [6, 6.07) is 9.10. The Bertz CT molecular complexity index is 983. The maximum Gasteiger partial charge on any atom is 0.252 e. The summed E-state index contributed by atoms with van der Waals surface area (Å²) in [5, 5.41) is 11.0. The third-order valence-electron chi connectivity index (χ3n) is 4.80. The Kier molecular flexibility index (Phi) is 4.55. The number of fused-ring (bicyclic) bond motifs is 1. The van der Waals surface area contributed by atoms with Crippen molar-refractivity contribution in [1.29, 1.82) is 0 Å². The molecule has 1 saturated heterocycles. The monoisotopic (exact) mass is 368 g/mol. The van der Waals surface area contributed by atoms with E-state index in [2.05, 4.69) is 4.98 Å². The van der Waals surface area contributed by atoms with Crippen molar-refractivity contribution in [2.75, 3.05) is 13.2 Å². The fourth-order valence-electron chi connectivity index (χ4n) is 3.56. The number of nitrogens with two attached hydrogens (primary N) is 1. The summed E-state index contributed by atoms with van der Waals surface area (Å²) < 4.78 is 17.2. The molecule has 0 radical (unpaired) electrons. The Morgan fingerprint density at radius 3 is 2.85 bits per heavy atom. The minimum atomic E-state index is -0.705. The molecule has 3 heterocycles. The highest BCUT2D eigenvalue weighted by Crippen LogP contribution is 2.41. The zero-order valence-corrected chi connectivity index (χ0v) is 14.8. The van der Waals surface area contributed by atoms with Gasteiger partial charge in [-0.1, -0.05) is 6.07 Å². The van der Waals surface area contributed by atoms with Crippen LogP contribution in [0.5, 0.6) is 5.75 Å². The van der Waals surface area contributed by atoms with Gasteiger partial charge in [-0.3, -0.25) is 9.78 Å². The lowest BCUT2D eigenvalue weighted by molar-refractivity contribution is 0.1000.